The molecule has 0 saturated carbocycles. The maximum absolute atomic E-state index is 11.3. The lowest BCUT2D eigenvalue weighted by atomic mass is 9.97. The molecule has 2 N–H and O–H groups in total. The number of nitrogens with one attached hydrogen (secondary N) is 2. The summed E-state index contributed by atoms with van der Waals surface area (Å²) >= 11 is 0. The van der Waals surface area contributed by atoms with Crippen LogP contribution in [0.15, 0.2) is 0 Å². The first-order valence-electron chi connectivity index (χ1n) is 5.82. The Kier molecular flexibility index (Phi) is 5.65. The third kappa shape index (κ3) is 5.14. The molecular formula is C11H23N3O. The summed E-state index contributed by atoms with van der Waals surface area (Å²) in [7, 11) is 4.02. The lowest BCUT2D eigenvalue weighted by molar-refractivity contribution is -0.121. The smallest absolute Gasteiger partial charge is 0.221 e. The van der Waals surface area contributed by atoms with E-state index in [4.69, 9.17) is 0 Å². The molecule has 0 aromatic rings. The van der Waals surface area contributed by atoms with Gasteiger partial charge in [0.1, 0.15) is 0 Å². The first-order chi connectivity index (χ1) is 7.22. The van der Waals surface area contributed by atoms with Gasteiger partial charge in [-0.15, -0.1) is 0 Å². The van der Waals surface area contributed by atoms with Crippen molar-refractivity contribution in [3.05, 3.63) is 0 Å². The van der Waals surface area contributed by atoms with E-state index in [0.29, 0.717) is 12.3 Å². The largest absolute Gasteiger partial charge is 0.356 e. The second-order valence-electron chi connectivity index (χ2n) is 4.40. The van der Waals surface area contributed by atoms with Crippen molar-refractivity contribution in [1.29, 1.82) is 0 Å². The Morgan fingerprint density at radius 2 is 2.07 bits per heavy atom. The van der Waals surface area contributed by atoms with Crippen molar-refractivity contribution in [3.63, 3.8) is 0 Å². The van der Waals surface area contributed by atoms with E-state index >= 15 is 0 Å². The fraction of sp³-hybridized carbons (Fsp3) is 0.909. The highest BCUT2D eigenvalue weighted by Crippen LogP contribution is 2.14. The molecular weight excluding hydrogens is 190 g/mol. The average molecular weight is 213 g/mol. The van der Waals surface area contributed by atoms with Gasteiger partial charge in [0.25, 0.3) is 0 Å². The fourth-order valence-electron chi connectivity index (χ4n) is 1.85. The van der Waals surface area contributed by atoms with Crippen molar-refractivity contribution in [2.45, 2.75) is 19.3 Å². The highest BCUT2D eigenvalue weighted by Gasteiger charge is 2.16. The van der Waals surface area contributed by atoms with E-state index in [-0.39, 0.29) is 5.91 Å². The number of carbonyl (C=O) groups excluding carboxylic acids is 1. The van der Waals surface area contributed by atoms with Crippen LogP contribution in [0.4, 0.5) is 0 Å². The Balaban J connectivity index is 2.06. The third-order valence-corrected chi connectivity index (χ3v) is 3.03. The molecule has 1 aliphatic rings. The zero-order valence-electron chi connectivity index (χ0n) is 9.88. The topological polar surface area (TPSA) is 44.4 Å². The van der Waals surface area contributed by atoms with Gasteiger partial charge in [-0.05, 0) is 45.9 Å². The highest BCUT2D eigenvalue weighted by atomic mass is 16.1. The summed E-state index contributed by atoms with van der Waals surface area (Å²) in [6.07, 6.45) is 3.01. The molecule has 0 aliphatic carbocycles. The summed E-state index contributed by atoms with van der Waals surface area (Å²) in [5.41, 5.74) is 0. The van der Waals surface area contributed by atoms with Crippen LogP contribution in [0.25, 0.3) is 0 Å². The molecule has 0 aromatic heterocycles. The van der Waals surface area contributed by atoms with Crippen LogP contribution in [0.2, 0.25) is 0 Å². The first-order valence-corrected chi connectivity index (χ1v) is 5.82. The van der Waals surface area contributed by atoms with Gasteiger partial charge in [0.2, 0.25) is 5.91 Å². The minimum absolute atomic E-state index is 0.170. The highest BCUT2D eigenvalue weighted by molar-refractivity contribution is 5.76. The van der Waals surface area contributed by atoms with Gasteiger partial charge in [-0.25, -0.2) is 0 Å². The van der Waals surface area contributed by atoms with Crippen LogP contribution < -0.4 is 10.6 Å². The standard InChI is InChI=1S/C11H23N3O/c1-12-6-3-11(15)13-9-10-4-7-14(2)8-5-10/h10,12H,3-9H2,1-2H3,(H,13,15). The van der Waals surface area contributed by atoms with Gasteiger partial charge >= 0.3 is 0 Å². The monoisotopic (exact) mass is 213 g/mol. The zero-order valence-corrected chi connectivity index (χ0v) is 9.88. The number of piperidine rings is 1. The predicted octanol–water partition coefficient (Wildman–Crippen LogP) is 0.0539. The molecule has 1 rings (SSSR count). The molecule has 15 heavy (non-hydrogen) atoms. The Morgan fingerprint density at radius 3 is 2.67 bits per heavy atom. The Bertz CT molecular complexity index is 188. The second kappa shape index (κ2) is 6.80. The predicted molar refractivity (Wildman–Crippen MR) is 61.8 cm³/mol. The molecule has 1 heterocycles. The summed E-state index contributed by atoms with van der Waals surface area (Å²) in [5, 5.41) is 5.98. The van der Waals surface area contributed by atoms with Gasteiger partial charge in [0.05, 0.1) is 0 Å². The maximum atomic E-state index is 11.3. The number of nitrogens with zero attached hydrogens (tertiary/aromatic N) is 1. The summed E-state index contributed by atoms with van der Waals surface area (Å²) in [5.74, 6) is 0.850. The van der Waals surface area contributed by atoms with E-state index in [1.807, 2.05) is 7.05 Å². The van der Waals surface area contributed by atoms with E-state index in [1.165, 1.54) is 12.8 Å². The molecule has 0 atom stereocenters. The number of hydrogen-bond acceptors (Lipinski definition) is 3. The minimum Gasteiger partial charge on any atom is -0.356 e. The molecule has 88 valence electrons. The van der Waals surface area contributed by atoms with Crippen LogP contribution in [0.3, 0.4) is 0 Å². The van der Waals surface area contributed by atoms with Crippen molar-refractivity contribution in [1.82, 2.24) is 15.5 Å². The van der Waals surface area contributed by atoms with Gasteiger partial charge < -0.3 is 15.5 Å². The van der Waals surface area contributed by atoms with Crippen LogP contribution >= 0.6 is 0 Å². The van der Waals surface area contributed by atoms with Gasteiger partial charge in [-0.2, -0.15) is 0 Å². The number of carbonyl (C=O) groups is 1. The quantitative estimate of drug-likeness (QED) is 0.678. The van der Waals surface area contributed by atoms with Crippen molar-refractivity contribution in [2.75, 3.05) is 40.3 Å². The lowest BCUT2D eigenvalue weighted by Gasteiger charge is -2.28. The van der Waals surface area contributed by atoms with E-state index in [1.54, 1.807) is 0 Å². The molecule has 4 heteroatoms. The van der Waals surface area contributed by atoms with Crippen molar-refractivity contribution in [2.24, 2.45) is 5.92 Å². The number of amides is 1. The summed E-state index contributed by atoms with van der Waals surface area (Å²) < 4.78 is 0. The molecule has 1 aliphatic heterocycles. The van der Waals surface area contributed by atoms with Crippen LogP contribution in [0, 0.1) is 5.92 Å². The van der Waals surface area contributed by atoms with Gasteiger partial charge in [-0.1, -0.05) is 0 Å². The molecule has 0 spiro atoms. The number of rotatable bonds is 5. The van der Waals surface area contributed by atoms with Crippen molar-refractivity contribution >= 4 is 5.91 Å². The van der Waals surface area contributed by atoms with Crippen LogP contribution in [-0.2, 0) is 4.79 Å². The number of hydrogen-bond donors (Lipinski definition) is 2. The molecule has 0 unspecified atom stereocenters. The second-order valence-corrected chi connectivity index (χ2v) is 4.40. The fourth-order valence-corrected chi connectivity index (χ4v) is 1.85. The third-order valence-electron chi connectivity index (χ3n) is 3.03. The molecule has 4 nitrogen and oxygen atoms in total. The Labute approximate surface area is 92.4 Å². The van der Waals surface area contributed by atoms with E-state index in [9.17, 15) is 4.79 Å². The normalized spacial score (nSPS) is 19.1. The van der Waals surface area contributed by atoms with E-state index in [2.05, 4.69) is 22.6 Å². The van der Waals surface area contributed by atoms with Gasteiger partial charge in [0, 0.05) is 19.5 Å². The molecule has 1 amide bonds. The average Bonchev–Trinajstić information content (AvgIpc) is 2.25. The zero-order chi connectivity index (χ0) is 11.1. The van der Waals surface area contributed by atoms with Gasteiger partial charge in [0.15, 0.2) is 0 Å². The number of likely N-dealkylation sites (tertiary alicyclic amines) is 1. The minimum atomic E-state index is 0.170. The molecule has 0 bridgehead atoms. The van der Waals surface area contributed by atoms with E-state index in [0.717, 1.165) is 26.2 Å². The molecule has 1 fully saturated rings. The van der Waals surface area contributed by atoms with Crippen LogP contribution in [0.1, 0.15) is 19.3 Å². The summed E-state index contributed by atoms with van der Waals surface area (Å²) in [6.45, 7) is 3.95. The van der Waals surface area contributed by atoms with Gasteiger partial charge in [-0.3, -0.25) is 4.79 Å². The van der Waals surface area contributed by atoms with Crippen LogP contribution in [-0.4, -0.2) is 51.1 Å². The summed E-state index contributed by atoms with van der Waals surface area (Å²) in [4.78, 5) is 13.7. The first kappa shape index (κ1) is 12.5. The Morgan fingerprint density at radius 1 is 1.40 bits per heavy atom. The SMILES string of the molecule is CNCCC(=O)NCC1CCN(C)CC1. The van der Waals surface area contributed by atoms with Crippen LogP contribution in [0.5, 0.6) is 0 Å². The van der Waals surface area contributed by atoms with Crippen molar-refractivity contribution in [3.8, 4) is 0 Å². The maximum Gasteiger partial charge on any atom is 0.221 e. The Hall–Kier alpha value is -0.610. The lowest BCUT2D eigenvalue weighted by Crippen LogP contribution is -2.37. The summed E-state index contributed by atoms with van der Waals surface area (Å²) in [6, 6.07) is 0. The molecule has 1 saturated heterocycles. The molecule has 0 radical (unpaired) electrons. The van der Waals surface area contributed by atoms with E-state index < -0.39 is 0 Å². The molecule has 0 aromatic carbocycles. The van der Waals surface area contributed by atoms with Crippen molar-refractivity contribution < 1.29 is 4.79 Å².